The fraction of sp³-hybridized carbons (Fsp3) is 0.412. The van der Waals surface area contributed by atoms with E-state index in [0.717, 1.165) is 24.8 Å². The Labute approximate surface area is 119 Å². The first kappa shape index (κ1) is 14.5. The number of hydrogen-bond donors (Lipinski definition) is 0. The van der Waals surface area contributed by atoms with Gasteiger partial charge in [-0.1, -0.05) is 45.0 Å². The molecule has 0 fully saturated rings. The van der Waals surface area contributed by atoms with Crippen molar-refractivity contribution < 1.29 is 14.3 Å². The molecule has 0 N–H and O–H groups in total. The van der Waals surface area contributed by atoms with E-state index in [1.54, 1.807) is 18.2 Å². The van der Waals surface area contributed by atoms with Gasteiger partial charge in [0.1, 0.15) is 11.2 Å². The average Bonchev–Trinajstić information content (AvgIpc) is 2.83. The molecule has 0 amide bonds. The SMILES string of the molecule is CCC(CC)(CC)OC(=O)C1=Cc2ccccc2C1=O. The van der Waals surface area contributed by atoms with Crippen molar-refractivity contribution >= 4 is 17.8 Å². The fourth-order valence-corrected chi connectivity index (χ4v) is 2.57. The van der Waals surface area contributed by atoms with Crippen LogP contribution in [-0.2, 0) is 9.53 Å². The Hall–Kier alpha value is -1.90. The number of Topliss-reactive ketones (excluding diaryl/α,β-unsaturated/α-hetero) is 1. The molecule has 1 aromatic carbocycles. The van der Waals surface area contributed by atoms with Gasteiger partial charge in [0, 0.05) is 5.56 Å². The minimum atomic E-state index is -0.503. The fourth-order valence-electron chi connectivity index (χ4n) is 2.57. The molecule has 0 atom stereocenters. The zero-order valence-corrected chi connectivity index (χ0v) is 12.2. The Morgan fingerprint density at radius 2 is 1.70 bits per heavy atom. The van der Waals surface area contributed by atoms with Crippen molar-refractivity contribution in [3.63, 3.8) is 0 Å². The summed E-state index contributed by atoms with van der Waals surface area (Å²) in [5, 5.41) is 0. The van der Waals surface area contributed by atoms with E-state index < -0.39 is 11.6 Å². The van der Waals surface area contributed by atoms with E-state index in [-0.39, 0.29) is 11.4 Å². The molecule has 1 aliphatic carbocycles. The smallest absolute Gasteiger partial charge is 0.342 e. The van der Waals surface area contributed by atoms with Crippen molar-refractivity contribution in [3.05, 3.63) is 41.0 Å². The molecule has 2 rings (SSSR count). The van der Waals surface area contributed by atoms with Gasteiger partial charge in [-0.15, -0.1) is 0 Å². The lowest BCUT2D eigenvalue weighted by molar-refractivity contribution is -0.155. The monoisotopic (exact) mass is 272 g/mol. The van der Waals surface area contributed by atoms with E-state index in [2.05, 4.69) is 0 Å². The number of ketones is 1. The van der Waals surface area contributed by atoms with Crippen molar-refractivity contribution in [3.8, 4) is 0 Å². The van der Waals surface area contributed by atoms with E-state index in [4.69, 9.17) is 4.74 Å². The molecule has 1 aliphatic rings. The van der Waals surface area contributed by atoms with Crippen LogP contribution in [0, 0.1) is 0 Å². The van der Waals surface area contributed by atoms with Crippen molar-refractivity contribution in [1.29, 1.82) is 0 Å². The van der Waals surface area contributed by atoms with Gasteiger partial charge in [0.05, 0.1) is 0 Å². The second-order valence-electron chi connectivity index (χ2n) is 5.11. The van der Waals surface area contributed by atoms with E-state index in [1.165, 1.54) is 0 Å². The first-order chi connectivity index (χ1) is 9.56. The topological polar surface area (TPSA) is 43.4 Å². The number of benzene rings is 1. The van der Waals surface area contributed by atoms with Gasteiger partial charge in [0.15, 0.2) is 0 Å². The second-order valence-corrected chi connectivity index (χ2v) is 5.11. The molecular formula is C17H20O3. The van der Waals surface area contributed by atoms with E-state index in [9.17, 15) is 9.59 Å². The van der Waals surface area contributed by atoms with Gasteiger partial charge in [-0.25, -0.2) is 4.79 Å². The molecule has 0 aliphatic heterocycles. The lowest BCUT2D eigenvalue weighted by Gasteiger charge is -2.30. The molecule has 0 heterocycles. The quantitative estimate of drug-likeness (QED) is 0.605. The van der Waals surface area contributed by atoms with Crippen molar-refractivity contribution in [2.45, 2.75) is 45.6 Å². The maximum atomic E-state index is 12.3. The largest absolute Gasteiger partial charge is 0.455 e. The number of hydrogen-bond acceptors (Lipinski definition) is 3. The Morgan fingerprint density at radius 1 is 1.10 bits per heavy atom. The Bertz CT molecular complexity index is 557. The van der Waals surface area contributed by atoms with Gasteiger partial charge < -0.3 is 4.74 Å². The first-order valence-electron chi connectivity index (χ1n) is 7.15. The summed E-state index contributed by atoms with van der Waals surface area (Å²) in [5.74, 6) is -0.737. The Kier molecular flexibility index (Phi) is 4.07. The van der Waals surface area contributed by atoms with Crippen LogP contribution in [0.15, 0.2) is 29.8 Å². The van der Waals surface area contributed by atoms with E-state index in [0.29, 0.717) is 5.56 Å². The summed E-state index contributed by atoms with van der Waals surface area (Å²) >= 11 is 0. The van der Waals surface area contributed by atoms with Gasteiger partial charge in [0.2, 0.25) is 5.78 Å². The van der Waals surface area contributed by atoms with Gasteiger partial charge in [0.25, 0.3) is 0 Å². The number of carbonyl (C=O) groups is 2. The van der Waals surface area contributed by atoms with Crippen LogP contribution in [0.5, 0.6) is 0 Å². The highest BCUT2D eigenvalue weighted by Gasteiger charge is 2.34. The zero-order chi connectivity index (χ0) is 14.8. The minimum Gasteiger partial charge on any atom is -0.455 e. The third kappa shape index (κ3) is 2.40. The number of fused-ring (bicyclic) bond motifs is 1. The summed E-state index contributed by atoms with van der Waals surface area (Å²) in [4.78, 5) is 24.5. The lowest BCUT2D eigenvalue weighted by atomic mass is 9.94. The highest BCUT2D eigenvalue weighted by atomic mass is 16.6. The molecule has 0 saturated heterocycles. The number of rotatable bonds is 5. The molecule has 0 aromatic heterocycles. The zero-order valence-electron chi connectivity index (χ0n) is 12.2. The normalized spacial score (nSPS) is 13.9. The van der Waals surface area contributed by atoms with Crippen LogP contribution in [0.2, 0.25) is 0 Å². The second kappa shape index (κ2) is 5.61. The summed E-state index contributed by atoms with van der Waals surface area (Å²) in [7, 11) is 0. The predicted octanol–water partition coefficient (Wildman–Crippen LogP) is 3.78. The standard InChI is InChI=1S/C17H20O3/c1-4-17(5-2,6-3)20-16(19)14-11-12-9-7-8-10-13(12)15(14)18/h7-11H,4-6H2,1-3H3. The summed E-state index contributed by atoms with van der Waals surface area (Å²) in [6.07, 6.45) is 3.88. The molecular weight excluding hydrogens is 252 g/mol. The molecule has 0 saturated carbocycles. The highest BCUT2D eigenvalue weighted by Crippen LogP contribution is 2.30. The summed E-state index contributed by atoms with van der Waals surface area (Å²) < 4.78 is 5.64. The van der Waals surface area contributed by atoms with Crippen LogP contribution in [-0.4, -0.2) is 17.4 Å². The van der Waals surface area contributed by atoms with Crippen LogP contribution < -0.4 is 0 Å². The van der Waals surface area contributed by atoms with Crippen LogP contribution in [0.3, 0.4) is 0 Å². The third-order valence-corrected chi connectivity index (χ3v) is 4.21. The summed E-state index contributed by atoms with van der Waals surface area (Å²) in [6.45, 7) is 6.00. The summed E-state index contributed by atoms with van der Waals surface area (Å²) in [6, 6.07) is 7.22. The molecule has 0 radical (unpaired) electrons. The molecule has 3 heteroatoms. The molecule has 0 spiro atoms. The number of carbonyl (C=O) groups excluding carboxylic acids is 2. The van der Waals surface area contributed by atoms with Crippen LogP contribution in [0.4, 0.5) is 0 Å². The first-order valence-corrected chi connectivity index (χ1v) is 7.15. The Morgan fingerprint density at radius 3 is 2.25 bits per heavy atom. The van der Waals surface area contributed by atoms with Crippen LogP contribution in [0.25, 0.3) is 6.08 Å². The van der Waals surface area contributed by atoms with Gasteiger partial charge >= 0.3 is 5.97 Å². The molecule has 0 bridgehead atoms. The summed E-state index contributed by atoms with van der Waals surface area (Å²) in [5.41, 5.74) is 1.05. The molecule has 20 heavy (non-hydrogen) atoms. The van der Waals surface area contributed by atoms with Crippen LogP contribution >= 0.6 is 0 Å². The molecule has 106 valence electrons. The predicted molar refractivity (Wildman–Crippen MR) is 78.4 cm³/mol. The number of ether oxygens (including phenoxy) is 1. The third-order valence-electron chi connectivity index (χ3n) is 4.21. The van der Waals surface area contributed by atoms with Crippen molar-refractivity contribution in [2.24, 2.45) is 0 Å². The maximum absolute atomic E-state index is 12.3. The molecule has 0 unspecified atom stereocenters. The maximum Gasteiger partial charge on any atom is 0.342 e. The number of esters is 1. The Balaban J connectivity index is 2.23. The minimum absolute atomic E-state index is 0.144. The molecule has 3 nitrogen and oxygen atoms in total. The highest BCUT2D eigenvalue weighted by molar-refractivity contribution is 6.31. The average molecular weight is 272 g/mol. The molecule has 1 aromatic rings. The van der Waals surface area contributed by atoms with Gasteiger partial charge in [-0.3, -0.25) is 4.79 Å². The van der Waals surface area contributed by atoms with Crippen LogP contribution in [0.1, 0.15) is 56.0 Å². The van der Waals surface area contributed by atoms with Gasteiger partial charge in [-0.05, 0) is 30.9 Å². The van der Waals surface area contributed by atoms with Gasteiger partial charge in [-0.2, -0.15) is 0 Å². The van der Waals surface area contributed by atoms with Crippen molar-refractivity contribution in [1.82, 2.24) is 0 Å². The van der Waals surface area contributed by atoms with Crippen molar-refractivity contribution in [2.75, 3.05) is 0 Å². The van der Waals surface area contributed by atoms with E-state index >= 15 is 0 Å². The van der Waals surface area contributed by atoms with E-state index in [1.807, 2.05) is 32.9 Å². The lowest BCUT2D eigenvalue weighted by Crippen LogP contribution is -2.34.